The standard InChI is InChI=1S/C15H23N5O16P2/c16-19-17-3-5-8(22)10(24)12(26)14(34-5)35-38(30,31)36-37(28,29)32-4-6-9(23)11(25)13(33-6)20-2-1-7(21)18-15(20)27/h1-2,5-6,8-14,22-26H,3-4H2,(H,28,29)(H,30,31)(H,18,21,27)/t5-,6-,8+,9+,10+,11?,12-,13-,14?/m1/s1. The second kappa shape index (κ2) is 12.0. The molecule has 2 saturated heterocycles. The van der Waals surface area contributed by atoms with Crippen molar-refractivity contribution in [3.63, 3.8) is 0 Å². The van der Waals surface area contributed by atoms with Gasteiger partial charge in [0.15, 0.2) is 12.5 Å². The van der Waals surface area contributed by atoms with E-state index in [0.717, 1.165) is 16.8 Å². The molecule has 2 fully saturated rings. The summed E-state index contributed by atoms with van der Waals surface area (Å²) < 4.78 is 48.5. The normalized spacial score (nSPS) is 36.7. The van der Waals surface area contributed by atoms with E-state index in [1.165, 1.54) is 0 Å². The molecule has 0 bridgehead atoms. The lowest BCUT2D eigenvalue weighted by Crippen LogP contribution is -2.58. The monoisotopic (exact) mass is 591 g/mol. The molecule has 1 aromatic heterocycles. The Morgan fingerprint density at radius 3 is 2.29 bits per heavy atom. The van der Waals surface area contributed by atoms with Crippen LogP contribution < -0.4 is 11.2 Å². The van der Waals surface area contributed by atoms with Crippen LogP contribution in [0.2, 0.25) is 0 Å². The highest BCUT2D eigenvalue weighted by Crippen LogP contribution is 2.61. The van der Waals surface area contributed by atoms with Gasteiger partial charge in [0, 0.05) is 17.2 Å². The molecule has 38 heavy (non-hydrogen) atoms. The van der Waals surface area contributed by atoms with Crippen LogP contribution in [0.25, 0.3) is 10.4 Å². The van der Waals surface area contributed by atoms with Gasteiger partial charge in [0.1, 0.15) is 36.6 Å². The van der Waals surface area contributed by atoms with Gasteiger partial charge in [-0.15, -0.1) is 0 Å². The summed E-state index contributed by atoms with van der Waals surface area (Å²) in [6.45, 7) is -1.64. The van der Waals surface area contributed by atoms with Crippen molar-refractivity contribution in [2.75, 3.05) is 13.2 Å². The number of H-pyrrole nitrogens is 1. The number of aliphatic hydroxyl groups excluding tert-OH is 5. The first-order valence-corrected chi connectivity index (χ1v) is 13.4. The predicted octanol–water partition coefficient (Wildman–Crippen LogP) is -3.48. The highest BCUT2D eigenvalue weighted by Gasteiger charge is 2.49. The van der Waals surface area contributed by atoms with E-state index in [2.05, 4.69) is 23.4 Å². The van der Waals surface area contributed by atoms with Crippen molar-refractivity contribution in [3.05, 3.63) is 43.5 Å². The van der Waals surface area contributed by atoms with Crippen LogP contribution in [0.1, 0.15) is 6.23 Å². The number of aromatic amines is 1. The molecule has 0 aliphatic carbocycles. The molecule has 11 atom stereocenters. The molecule has 0 aromatic carbocycles. The van der Waals surface area contributed by atoms with E-state index in [4.69, 9.17) is 15.0 Å². The van der Waals surface area contributed by atoms with E-state index < -0.39 is 95.3 Å². The zero-order valence-corrected chi connectivity index (χ0v) is 20.5. The molecule has 0 spiro atoms. The number of azide groups is 1. The number of ether oxygens (including phenoxy) is 2. The summed E-state index contributed by atoms with van der Waals surface area (Å²) in [5.41, 5.74) is 6.61. The maximum Gasteiger partial charge on any atom is 0.483 e. The number of phosphoric ester groups is 2. The summed E-state index contributed by atoms with van der Waals surface area (Å²) >= 11 is 0. The highest BCUT2D eigenvalue weighted by molar-refractivity contribution is 7.61. The Kier molecular flexibility index (Phi) is 9.64. The maximum absolute atomic E-state index is 12.3. The fourth-order valence-corrected chi connectivity index (χ4v) is 5.63. The van der Waals surface area contributed by atoms with Gasteiger partial charge in [0.05, 0.1) is 19.3 Å². The number of rotatable bonds is 10. The van der Waals surface area contributed by atoms with Crippen LogP contribution in [0.15, 0.2) is 27.0 Å². The third-order valence-corrected chi connectivity index (χ3v) is 7.90. The third-order valence-electron chi connectivity index (χ3n) is 5.30. The third kappa shape index (κ3) is 7.13. The quantitative estimate of drug-likeness (QED) is 0.0567. The van der Waals surface area contributed by atoms with E-state index in [0.29, 0.717) is 0 Å². The number of nitrogens with one attached hydrogen (secondary N) is 1. The number of aromatic nitrogens is 2. The fourth-order valence-electron chi connectivity index (χ4n) is 3.47. The number of hydrogen-bond acceptors (Lipinski definition) is 15. The van der Waals surface area contributed by atoms with Crippen molar-refractivity contribution in [3.8, 4) is 0 Å². The molecule has 214 valence electrons. The summed E-state index contributed by atoms with van der Waals surface area (Å²) in [4.78, 5) is 47.1. The number of hydrogen-bond donors (Lipinski definition) is 8. The molecule has 0 saturated carbocycles. The lowest BCUT2D eigenvalue weighted by Gasteiger charge is -2.39. The second-order valence-electron chi connectivity index (χ2n) is 7.91. The predicted molar refractivity (Wildman–Crippen MR) is 116 cm³/mol. The maximum atomic E-state index is 12.3. The van der Waals surface area contributed by atoms with Crippen LogP contribution in [-0.4, -0.2) is 107 Å². The number of aliphatic hydroxyl groups is 5. The molecular weight excluding hydrogens is 568 g/mol. The fraction of sp³-hybridized carbons (Fsp3) is 0.733. The van der Waals surface area contributed by atoms with E-state index >= 15 is 0 Å². The van der Waals surface area contributed by atoms with E-state index in [1.54, 1.807) is 0 Å². The lowest BCUT2D eigenvalue weighted by atomic mass is 9.99. The molecule has 2 aliphatic heterocycles. The van der Waals surface area contributed by atoms with Crippen LogP contribution in [0.3, 0.4) is 0 Å². The summed E-state index contributed by atoms with van der Waals surface area (Å²) in [6.07, 6.45) is -15.5. The van der Waals surface area contributed by atoms with Gasteiger partial charge in [-0.05, 0) is 5.53 Å². The molecule has 1 aromatic rings. The van der Waals surface area contributed by atoms with Crippen LogP contribution in [0.4, 0.5) is 0 Å². The van der Waals surface area contributed by atoms with Crippen molar-refractivity contribution in [1.29, 1.82) is 0 Å². The minimum atomic E-state index is -5.63. The molecule has 4 unspecified atom stereocenters. The molecule has 3 heterocycles. The second-order valence-corrected chi connectivity index (χ2v) is 10.9. The average molecular weight is 591 g/mol. The Labute approximate surface area is 210 Å². The Morgan fingerprint density at radius 1 is 1.00 bits per heavy atom. The van der Waals surface area contributed by atoms with Gasteiger partial charge in [-0.3, -0.25) is 23.4 Å². The van der Waals surface area contributed by atoms with Gasteiger partial charge in [0.2, 0.25) is 0 Å². The smallest absolute Gasteiger partial charge is 0.388 e. The topological polar surface area (TPSA) is 326 Å². The Morgan fingerprint density at radius 2 is 1.66 bits per heavy atom. The van der Waals surface area contributed by atoms with E-state index in [1.807, 2.05) is 4.98 Å². The first-order chi connectivity index (χ1) is 17.7. The minimum absolute atomic E-state index is 0.596. The van der Waals surface area contributed by atoms with Crippen molar-refractivity contribution >= 4 is 15.6 Å². The van der Waals surface area contributed by atoms with Gasteiger partial charge < -0.3 is 44.8 Å². The van der Waals surface area contributed by atoms with Crippen molar-refractivity contribution < 1.29 is 67.3 Å². The Bertz CT molecular complexity index is 1250. The van der Waals surface area contributed by atoms with Crippen molar-refractivity contribution in [2.45, 2.75) is 55.2 Å². The van der Waals surface area contributed by atoms with Gasteiger partial charge in [-0.2, -0.15) is 4.31 Å². The zero-order valence-electron chi connectivity index (χ0n) is 18.8. The molecule has 3 rings (SSSR count). The largest absolute Gasteiger partial charge is 0.483 e. The van der Waals surface area contributed by atoms with Crippen LogP contribution in [0.5, 0.6) is 0 Å². The zero-order chi connectivity index (χ0) is 28.4. The summed E-state index contributed by atoms with van der Waals surface area (Å²) in [6, 6.07) is 0.924. The van der Waals surface area contributed by atoms with Crippen LogP contribution in [-0.2, 0) is 32.0 Å². The molecule has 8 N–H and O–H groups in total. The van der Waals surface area contributed by atoms with Crippen LogP contribution in [0, 0.1) is 0 Å². The van der Waals surface area contributed by atoms with Gasteiger partial charge in [-0.25, -0.2) is 13.9 Å². The van der Waals surface area contributed by atoms with Gasteiger partial charge >= 0.3 is 21.3 Å². The van der Waals surface area contributed by atoms with Crippen molar-refractivity contribution in [1.82, 2.24) is 9.55 Å². The molecule has 23 heteroatoms. The highest BCUT2D eigenvalue weighted by atomic mass is 31.3. The van der Waals surface area contributed by atoms with E-state index in [9.17, 15) is 54.0 Å². The van der Waals surface area contributed by atoms with Crippen molar-refractivity contribution in [2.24, 2.45) is 5.11 Å². The summed E-state index contributed by atoms with van der Waals surface area (Å²) in [5.74, 6) is 0. The van der Waals surface area contributed by atoms with Crippen LogP contribution >= 0.6 is 15.6 Å². The molecule has 0 amide bonds. The van der Waals surface area contributed by atoms with Gasteiger partial charge in [-0.1, -0.05) is 5.11 Å². The number of phosphoric acid groups is 2. The molecule has 0 radical (unpaired) electrons. The SMILES string of the molecule is [N-]=[N+]=NC[C@H]1OC(OP(=O)(O)OP(=O)(O)OC[C@H]2O[C@@H](n3ccc(=O)[nH]c3=O)C(O)[C@H]2O)[C@H](O)[C@@H](O)[C@H]1O. The lowest BCUT2D eigenvalue weighted by molar-refractivity contribution is -0.272. The Hall–Kier alpha value is -2.03. The van der Waals surface area contributed by atoms with E-state index in [-0.39, 0.29) is 0 Å². The number of nitrogens with zero attached hydrogens (tertiary/aromatic N) is 4. The molecule has 2 aliphatic rings. The Balaban J connectivity index is 1.62. The first kappa shape index (κ1) is 30.5. The summed E-state index contributed by atoms with van der Waals surface area (Å²) in [5, 5.41) is 53.1. The van der Waals surface area contributed by atoms with Gasteiger partial charge in [0.25, 0.3) is 5.56 Å². The summed E-state index contributed by atoms with van der Waals surface area (Å²) in [7, 11) is -11.1. The minimum Gasteiger partial charge on any atom is -0.388 e. The average Bonchev–Trinajstić information content (AvgIpc) is 3.10. The molecule has 21 nitrogen and oxygen atoms in total. The molecular formula is C15H23N5O16P2. The first-order valence-electron chi connectivity index (χ1n) is 10.4.